The highest BCUT2D eigenvalue weighted by Gasteiger charge is 2.37. The Morgan fingerprint density at radius 3 is 2.25 bits per heavy atom. The van der Waals surface area contributed by atoms with Crippen LogP contribution in [0.1, 0.15) is 74.3 Å². The number of carboxylic acids is 1. The van der Waals surface area contributed by atoms with Gasteiger partial charge in [0.15, 0.2) is 11.8 Å². The monoisotopic (exact) mass is 529 g/mol. The molecule has 0 aliphatic heterocycles. The Bertz CT molecular complexity index is 871. The fraction of sp³-hybridized carbons (Fsp3) is 0.538. The highest BCUT2D eigenvalue weighted by molar-refractivity contribution is 7.98. The lowest BCUT2D eigenvalue weighted by molar-refractivity contribution is -0.201. The molecule has 0 bridgehead atoms. The first-order valence-corrected chi connectivity index (χ1v) is 13.2. The molecule has 0 amide bonds. The number of hydrogen-bond acceptors (Lipinski definition) is 6. The molecule has 6 nitrogen and oxygen atoms in total. The van der Waals surface area contributed by atoms with E-state index in [2.05, 4.69) is 17.2 Å². The van der Waals surface area contributed by atoms with Gasteiger partial charge >= 0.3 is 12.1 Å². The lowest BCUT2D eigenvalue weighted by atomic mass is 10.1. The van der Waals surface area contributed by atoms with Crippen molar-refractivity contribution in [3.63, 3.8) is 0 Å². The summed E-state index contributed by atoms with van der Waals surface area (Å²) in [4.78, 5) is 15.5. The molecule has 0 radical (unpaired) electrons. The predicted octanol–water partition coefficient (Wildman–Crippen LogP) is 6.29. The molecular formula is C26H38F3N3O3S. The molecule has 10 heteroatoms. The molecule has 5 N–H and O–H groups in total. The molecule has 0 aliphatic carbocycles. The summed E-state index contributed by atoms with van der Waals surface area (Å²) in [5, 5.41) is 20.2. The SMILES string of the molecule is CCCCCCCCCCNCC(O)C(F)(F)F.Nc1cc(SCc2ccccc2)cnc1C(=O)O. The molecule has 0 saturated heterocycles. The zero-order valence-electron chi connectivity index (χ0n) is 20.8. The van der Waals surface area contributed by atoms with E-state index in [4.69, 9.17) is 15.9 Å². The average Bonchev–Trinajstić information content (AvgIpc) is 2.84. The summed E-state index contributed by atoms with van der Waals surface area (Å²) in [7, 11) is 0. The van der Waals surface area contributed by atoms with E-state index in [1.54, 1.807) is 17.8 Å². The summed E-state index contributed by atoms with van der Waals surface area (Å²) in [5.41, 5.74) is 6.93. The highest BCUT2D eigenvalue weighted by Crippen LogP contribution is 2.25. The van der Waals surface area contributed by atoms with E-state index in [-0.39, 0.29) is 11.4 Å². The van der Waals surface area contributed by atoms with Crippen molar-refractivity contribution in [1.29, 1.82) is 0 Å². The topological polar surface area (TPSA) is 108 Å². The number of aliphatic hydroxyl groups is 1. The van der Waals surface area contributed by atoms with Crippen LogP contribution in [0.4, 0.5) is 18.9 Å². The van der Waals surface area contributed by atoms with E-state index in [1.165, 1.54) is 43.9 Å². The van der Waals surface area contributed by atoms with Gasteiger partial charge in [-0.05, 0) is 24.6 Å². The predicted molar refractivity (Wildman–Crippen MR) is 139 cm³/mol. The maximum Gasteiger partial charge on any atom is 0.415 e. The number of pyridine rings is 1. The Kier molecular flexibility index (Phi) is 15.9. The van der Waals surface area contributed by atoms with Crippen molar-refractivity contribution < 1.29 is 28.2 Å². The molecule has 0 spiro atoms. The normalized spacial score (nSPS) is 12.0. The first kappa shape index (κ1) is 31.7. The van der Waals surface area contributed by atoms with Gasteiger partial charge in [0.25, 0.3) is 0 Å². The van der Waals surface area contributed by atoms with E-state index in [9.17, 15) is 18.0 Å². The zero-order chi connectivity index (χ0) is 26.8. The van der Waals surface area contributed by atoms with Crippen molar-refractivity contribution >= 4 is 23.4 Å². The maximum absolute atomic E-state index is 11.9. The van der Waals surface area contributed by atoms with Crippen molar-refractivity contribution in [2.24, 2.45) is 0 Å². The molecule has 0 aliphatic rings. The second kappa shape index (κ2) is 18.0. The number of carboxylic acid groups (broad SMARTS) is 1. The van der Waals surface area contributed by atoms with E-state index in [0.29, 0.717) is 6.54 Å². The van der Waals surface area contributed by atoms with E-state index < -0.39 is 24.8 Å². The average molecular weight is 530 g/mol. The number of rotatable bonds is 15. The number of aliphatic hydroxyl groups excluding tert-OH is 1. The van der Waals surface area contributed by atoms with Crippen molar-refractivity contribution in [2.75, 3.05) is 18.8 Å². The Balaban J connectivity index is 0.000000360. The second-order valence-electron chi connectivity index (χ2n) is 8.42. The van der Waals surface area contributed by atoms with Crippen LogP contribution in [0.25, 0.3) is 0 Å². The lowest BCUT2D eigenvalue weighted by Crippen LogP contribution is -2.38. The van der Waals surface area contributed by atoms with Crippen LogP contribution in [0.3, 0.4) is 0 Å². The first-order chi connectivity index (χ1) is 17.1. The molecule has 0 fully saturated rings. The Morgan fingerprint density at radius 2 is 1.69 bits per heavy atom. The van der Waals surface area contributed by atoms with Gasteiger partial charge in [-0.3, -0.25) is 0 Å². The summed E-state index contributed by atoms with van der Waals surface area (Å²) in [6.45, 7) is 2.32. The Morgan fingerprint density at radius 1 is 1.08 bits per heavy atom. The van der Waals surface area contributed by atoms with Gasteiger partial charge in [0, 0.05) is 23.4 Å². The molecule has 1 atom stereocenters. The van der Waals surface area contributed by atoms with Gasteiger partial charge in [-0.1, -0.05) is 82.2 Å². The quantitative estimate of drug-likeness (QED) is 0.158. The van der Waals surface area contributed by atoms with Crippen molar-refractivity contribution in [3.05, 3.63) is 53.9 Å². The highest BCUT2D eigenvalue weighted by atomic mass is 32.2. The Labute approximate surface area is 215 Å². The zero-order valence-corrected chi connectivity index (χ0v) is 21.6. The molecule has 2 rings (SSSR count). The van der Waals surface area contributed by atoms with Crippen LogP contribution in [0.15, 0.2) is 47.5 Å². The van der Waals surface area contributed by atoms with Gasteiger partial charge < -0.3 is 21.3 Å². The second-order valence-corrected chi connectivity index (χ2v) is 9.47. The summed E-state index contributed by atoms with van der Waals surface area (Å²) < 4.78 is 35.8. The van der Waals surface area contributed by atoms with Crippen molar-refractivity contribution in [1.82, 2.24) is 10.3 Å². The fourth-order valence-electron chi connectivity index (χ4n) is 3.20. The molecule has 2 aromatic rings. The van der Waals surface area contributed by atoms with E-state index in [1.807, 2.05) is 30.3 Å². The third-order valence-electron chi connectivity index (χ3n) is 5.27. The Hall–Kier alpha value is -2.30. The van der Waals surface area contributed by atoms with Crippen LogP contribution >= 0.6 is 11.8 Å². The molecule has 202 valence electrons. The fourth-order valence-corrected chi connectivity index (χ4v) is 4.06. The molecule has 0 saturated carbocycles. The molecule has 1 heterocycles. The van der Waals surface area contributed by atoms with Crippen LogP contribution in [0.2, 0.25) is 0 Å². The number of carbonyl (C=O) groups is 1. The van der Waals surface area contributed by atoms with Crippen LogP contribution in [-0.2, 0) is 5.75 Å². The number of nitrogens with one attached hydrogen (secondary N) is 1. The number of nitrogens with two attached hydrogens (primary N) is 1. The number of benzene rings is 1. The van der Waals surface area contributed by atoms with Crippen molar-refractivity contribution in [2.45, 2.75) is 81.2 Å². The number of thioether (sulfide) groups is 1. The standard InChI is InChI=1S/C13H26F3NO.C13H12N2O2S/c1-2-3-4-5-6-7-8-9-10-17-11-12(18)13(14,15)16;14-11-6-10(7-15-12(11)13(16)17)18-8-9-4-2-1-3-5-9/h12,17-18H,2-11H2,1H3;1-7H,8,14H2,(H,16,17). The van der Waals surface area contributed by atoms with Gasteiger partial charge in [0.1, 0.15) is 0 Å². The van der Waals surface area contributed by atoms with Gasteiger partial charge in [0.2, 0.25) is 0 Å². The number of aromatic nitrogens is 1. The van der Waals surface area contributed by atoms with Gasteiger partial charge in [0.05, 0.1) is 5.69 Å². The smallest absolute Gasteiger partial charge is 0.415 e. The minimum absolute atomic E-state index is 0.0981. The van der Waals surface area contributed by atoms with E-state index >= 15 is 0 Å². The third-order valence-corrected chi connectivity index (χ3v) is 6.30. The molecule has 1 aromatic heterocycles. The van der Waals surface area contributed by atoms with Crippen LogP contribution < -0.4 is 11.1 Å². The van der Waals surface area contributed by atoms with Gasteiger partial charge in [-0.25, -0.2) is 9.78 Å². The van der Waals surface area contributed by atoms with Crippen LogP contribution in [0.5, 0.6) is 0 Å². The van der Waals surface area contributed by atoms with E-state index in [0.717, 1.165) is 29.9 Å². The van der Waals surface area contributed by atoms with Crippen LogP contribution in [0, 0.1) is 0 Å². The van der Waals surface area contributed by atoms with Gasteiger partial charge in [-0.2, -0.15) is 13.2 Å². The molecular weight excluding hydrogens is 491 g/mol. The number of alkyl halides is 3. The first-order valence-electron chi connectivity index (χ1n) is 12.3. The number of anilines is 1. The summed E-state index contributed by atoms with van der Waals surface area (Å²) >= 11 is 1.57. The number of nitrogens with zero attached hydrogens (tertiary/aromatic N) is 1. The molecule has 1 unspecified atom stereocenters. The maximum atomic E-state index is 11.9. The third kappa shape index (κ3) is 14.3. The van der Waals surface area contributed by atoms with Crippen LogP contribution in [-0.4, -0.2) is 46.5 Å². The minimum Gasteiger partial charge on any atom is -0.476 e. The number of hydrogen-bond donors (Lipinski definition) is 4. The number of nitrogen functional groups attached to an aromatic ring is 1. The lowest BCUT2D eigenvalue weighted by Gasteiger charge is -2.14. The summed E-state index contributed by atoms with van der Waals surface area (Å²) in [6.07, 6.45) is 4.13. The summed E-state index contributed by atoms with van der Waals surface area (Å²) in [5.74, 6) is -0.305. The number of aromatic carboxylic acids is 1. The van der Waals surface area contributed by atoms with Gasteiger partial charge in [-0.15, -0.1) is 11.8 Å². The number of unbranched alkanes of at least 4 members (excludes halogenated alkanes) is 7. The number of halogens is 3. The summed E-state index contributed by atoms with van der Waals surface area (Å²) in [6, 6.07) is 11.6. The molecule has 36 heavy (non-hydrogen) atoms. The molecule has 1 aromatic carbocycles. The van der Waals surface area contributed by atoms with Crippen molar-refractivity contribution in [3.8, 4) is 0 Å². The largest absolute Gasteiger partial charge is 0.476 e. The minimum atomic E-state index is -4.51.